The predicted molar refractivity (Wildman–Crippen MR) is 133 cm³/mol. The van der Waals surface area contributed by atoms with Crippen LogP contribution in [0, 0.1) is 0 Å². The molecule has 8 heteroatoms. The first kappa shape index (κ1) is 21.1. The molecule has 168 valence electrons. The smallest absolute Gasteiger partial charge is 0.276 e. The summed E-state index contributed by atoms with van der Waals surface area (Å²) in [4.78, 5) is 13.0. The van der Waals surface area contributed by atoms with Crippen LogP contribution in [0.3, 0.4) is 0 Å². The molecule has 0 aliphatic rings. The highest BCUT2D eigenvalue weighted by Crippen LogP contribution is 2.29. The number of nitrogens with two attached hydrogens (primary N) is 1. The van der Waals surface area contributed by atoms with Crippen LogP contribution in [0.5, 0.6) is 0 Å². The number of H-pyrrole nitrogens is 1. The molecule has 0 aliphatic heterocycles. The van der Waals surface area contributed by atoms with Crippen LogP contribution in [0.1, 0.15) is 11.1 Å². The molecule has 0 radical (unpaired) electrons. The van der Waals surface area contributed by atoms with Crippen LogP contribution in [-0.4, -0.2) is 25.2 Å². The Bertz CT molecular complexity index is 1440. The Kier molecular flexibility index (Phi) is 5.85. The minimum Gasteiger partial charge on any atom is -0.397 e. The Hall–Kier alpha value is -4.72. The number of hydrogen-bond acceptors (Lipinski definition) is 6. The predicted octanol–water partition coefficient (Wildman–Crippen LogP) is 3.94. The number of aromatic amines is 1. The van der Waals surface area contributed by atoms with Crippen molar-refractivity contribution in [3.05, 3.63) is 113 Å². The highest BCUT2D eigenvalue weighted by molar-refractivity contribution is 5.80. The molecular formula is C26H23N7O. The van der Waals surface area contributed by atoms with E-state index < -0.39 is 0 Å². The van der Waals surface area contributed by atoms with E-state index >= 15 is 0 Å². The molecule has 0 atom stereocenters. The number of hydrogen-bond donors (Lipinski definition) is 3. The van der Waals surface area contributed by atoms with Crippen LogP contribution in [0.4, 0.5) is 11.4 Å². The summed E-state index contributed by atoms with van der Waals surface area (Å²) in [6.45, 7) is 0.963. The van der Waals surface area contributed by atoms with Crippen molar-refractivity contribution in [3.63, 3.8) is 0 Å². The van der Waals surface area contributed by atoms with E-state index in [2.05, 4.69) is 25.9 Å². The van der Waals surface area contributed by atoms with Gasteiger partial charge in [-0.1, -0.05) is 78.9 Å². The van der Waals surface area contributed by atoms with Crippen LogP contribution in [0.15, 0.2) is 95.9 Å². The van der Waals surface area contributed by atoms with Crippen molar-refractivity contribution in [1.29, 1.82) is 0 Å². The average Bonchev–Trinajstić information content (AvgIpc) is 3.42. The third-order valence-corrected chi connectivity index (χ3v) is 5.64. The summed E-state index contributed by atoms with van der Waals surface area (Å²) in [5.41, 5.74) is 11.8. The van der Waals surface area contributed by atoms with Crippen molar-refractivity contribution in [1.82, 2.24) is 25.2 Å². The van der Waals surface area contributed by atoms with Crippen molar-refractivity contribution in [2.45, 2.75) is 13.1 Å². The first-order valence-corrected chi connectivity index (χ1v) is 10.9. The van der Waals surface area contributed by atoms with E-state index in [4.69, 9.17) is 5.73 Å². The first-order valence-electron chi connectivity index (χ1n) is 10.9. The lowest BCUT2D eigenvalue weighted by atomic mass is 9.98. The van der Waals surface area contributed by atoms with Crippen LogP contribution < -0.4 is 16.6 Å². The van der Waals surface area contributed by atoms with E-state index in [1.54, 1.807) is 16.8 Å². The molecule has 0 amide bonds. The topological polar surface area (TPSA) is 115 Å². The first-order chi connectivity index (χ1) is 16.7. The maximum atomic E-state index is 13.0. The van der Waals surface area contributed by atoms with Crippen molar-refractivity contribution in [2.24, 2.45) is 0 Å². The second-order valence-corrected chi connectivity index (χ2v) is 7.90. The third kappa shape index (κ3) is 4.42. The van der Waals surface area contributed by atoms with E-state index in [1.165, 1.54) is 0 Å². The molecular weight excluding hydrogens is 426 g/mol. The largest absolute Gasteiger partial charge is 0.397 e. The van der Waals surface area contributed by atoms with Crippen molar-refractivity contribution < 1.29 is 0 Å². The molecule has 5 aromatic rings. The zero-order valence-electron chi connectivity index (χ0n) is 18.3. The molecule has 34 heavy (non-hydrogen) atoms. The Morgan fingerprint density at radius 1 is 0.853 bits per heavy atom. The van der Waals surface area contributed by atoms with Gasteiger partial charge in [0.05, 0.1) is 12.2 Å². The Morgan fingerprint density at radius 2 is 1.59 bits per heavy atom. The van der Waals surface area contributed by atoms with E-state index in [0.29, 0.717) is 30.3 Å². The average molecular weight is 450 g/mol. The molecule has 0 saturated heterocycles. The van der Waals surface area contributed by atoms with Gasteiger partial charge in [-0.2, -0.15) is 5.21 Å². The number of nitrogen functional groups attached to an aromatic ring is 1. The fourth-order valence-corrected chi connectivity index (χ4v) is 3.87. The number of anilines is 2. The molecule has 0 bridgehead atoms. The monoisotopic (exact) mass is 449 g/mol. The maximum absolute atomic E-state index is 13.0. The molecule has 2 aromatic heterocycles. The quantitative estimate of drug-likeness (QED) is 0.347. The van der Waals surface area contributed by atoms with Gasteiger partial charge in [-0.15, -0.1) is 10.2 Å². The summed E-state index contributed by atoms with van der Waals surface area (Å²) < 4.78 is 1.66. The molecule has 0 spiro atoms. The van der Waals surface area contributed by atoms with Gasteiger partial charge in [0, 0.05) is 18.3 Å². The normalized spacial score (nSPS) is 10.8. The number of rotatable bonds is 7. The summed E-state index contributed by atoms with van der Waals surface area (Å²) in [7, 11) is 0. The minimum atomic E-state index is -0.144. The highest BCUT2D eigenvalue weighted by atomic mass is 16.1. The zero-order chi connectivity index (χ0) is 23.3. The second-order valence-electron chi connectivity index (χ2n) is 7.90. The van der Waals surface area contributed by atoms with Crippen molar-refractivity contribution >= 4 is 11.4 Å². The molecule has 3 aromatic carbocycles. The molecule has 0 unspecified atom stereocenters. The molecule has 0 saturated carbocycles. The van der Waals surface area contributed by atoms with Crippen molar-refractivity contribution in [2.75, 3.05) is 11.1 Å². The van der Waals surface area contributed by atoms with Crippen LogP contribution in [0.2, 0.25) is 0 Å². The van der Waals surface area contributed by atoms with Gasteiger partial charge >= 0.3 is 0 Å². The number of benzene rings is 3. The number of pyridine rings is 1. The fourth-order valence-electron chi connectivity index (χ4n) is 3.87. The van der Waals surface area contributed by atoms with E-state index in [-0.39, 0.29) is 5.56 Å². The van der Waals surface area contributed by atoms with E-state index in [0.717, 1.165) is 27.8 Å². The SMILES string of the molecule is Nc1ccn(Cc2ccccc2)c(=O)c1NCc1ccc(-c2ccccc2-c2nn[nH]n2)cc1. The molecule has 5 rings (SSSR count). The fraction of sp³-hybridized carbons (Fsp3) is 0.0769. The molecule has 2 heterocycles. The molecule has 8 nitrogen and oxygen atoms in total. The lowest BCUT2D eigenvalue weighted by molar-refractivity contribution is 0.761. The van der Waals surface area contributed by atoms with E-state index in [9.17, 15) is 4.79 Å². The highest BCUT2D eigenvalue weighted by Gasteiger charge is 2.11. The third-order valence-electron chi connectivity index (χ3n) is 5.64. The number of nitrogens with one attached hydrogen (secondary N) is 2. The molecule has 0 fully saturated rings. The summed E-state index contributed by atoms with van der Waals surface area (Å²) in [5, 5.41) is 17.6. The van der Waals surface area contributed by atoms with Crippen LogP contribution >= 0.6 is 0 Å². The van der Waals surface area contributed by atoms with Gasteiger partial charge in [0.25, 0.3) is 5.56 Å². The Labute approximate surface area is 196 Å². The minimum absolute atomic E-state index is 0.144. The number of tetrazole rings is 1. The summed E-state index contributed by atoms with van der Waals surface area (Å²) in [5.74, 6) is 0.549. The second kappa shape index (κ2) is 9.41. The van der Waals surface area contributed by atoms with Gasteiger partial charge < -0.3 is 15.6 Å². The van der Waals surface area contributed by atoms with E-state index in [1.807, 2.05) is 78.9 Å². The standard InChI is InChI=1S/C26H23N7O/c27-23-14-15-33(17-19-6-2-1-3-7-19)26(34)24(23)28-16-18-10-12-20(13-11-18)21-8-4-5-9-22(21)25-29-31-32-30-25/h1-15,28H,16-17,27H2,(H,29,30,31,32). The molecule has 4 N–H and O–H groups in total. The summed E-state index contributed by atoms with van der Waals surface area (Å²) in [6.07, 6.45) is 1.73. The van der Waals surface area contributed by atoms with Crippen molar-refractivity contribution in [3.8, 4) is 22.5 Å². The lowest BCUT2D eigenvalue weighted by Crippen LogP contribution is -2.24. The number of nitrogens with zero attached hydrogens (tertiary/aromatic N) is 4. The van der Waals surface area contributed by atoms with Gasteiger partial charge in [-0.25, -0.2) is 0 Å². The van der Waals surface area contributed by atoms with Gasteiger partial charge in [-0.05, 0) is 33.5 Å². The van der Waals surface area contributed by atoms with Gasteiger partial charge in [-0.3, -0.25) is 4.79 Å². The summed E-state index contributed by atoms with van der Waals surface area (Å²) in [6, 6.07) is 27.7. The Balaban J connectivity index is 1.34. The number of aromatic nitrogens is 5. The molecule has 0 aliphatic carbocycles. The zero-order valence-corrected chi connectivity index (χ0v) is 18.3. The maximum Gasteiger partial charge on any atom is 0.276 e. The van der Waals surface area contributed by atoms with Crippen LogP contribution in [0.25, 0.3) is 22.5 Å². The summed E-state index contributed by atoms with van der Waals surface area (Å²) >= 11 is 0. The Morgan fingerprint density at radius 3 is 2.32 bits per heavy atom. The van der Waals surface area contributed by atoms with Crippen LogP contribution in [-0.2, 0) is 13.1 Å². The van der Waals surface area contributed by atoms with Gasteiger partial charge in [0.2, 0.25) is 5.82 Å². The van der Waals surface area contributed by atoms with Gasteiger partial charge in [0.1, 0.15) is 5.69 Å². The lowest BCUT2D eigenvalue weighted by Gasteiger charge is -2.13. The van der Waals surface area contributed by atoms with Gasteiger partial charge in [0.15, 0.2) is 0 Å².